The Morgan fingerprint density at radius 2 is 1.50 bits per heavy atom. The van der Waals surface area contributed by atoms with Gasteiger partial charge in [0.05, 0.1) is 5.60 Å². The first kappa shape index (κ1) is 11.1. The number of hydrogen-bond donors (Lipinski definition) is 1. The summed E-state index contributed by atoms with van der Waals surface area (Å²) in [5, 5.41) is 9.51. The average molecular weight is 203 g/mol. The van der Waals surface area contributed by atoms with Crippen molar-refractivity contribution in [2.75, 3.05) is 0 Å². The largest absolute Gasteiger partial charge is 0.509 e. The fraction of sp³-hybridized carbons (Fsp3) is 0.333. The van der Waals surface area contributed by atoms with Crippen LogP contribution < -0.4 is 5.46 Å². The molecule has 0 saturated heterocycles. The summed E-state index contributed by atoms with van der Waals surface area (Å²) < 4.78 is 36.6. The van der Waals surface area contributed by atoms with Gasteiger partial charge in [0.2, 0.25) is 0 Å². The molecular weight excluding hydrogens is 192 g/mol. The highest BCUT2D eigenvalue weighted by atomic mass is 19.4. The van der Waals surface area contributed by atoms with Gasteiger partial charge >= 0.3 is 6.98 Å². The molecule has 0 saturated carbocycles. The van der Waals surface area contributed by atoms with Crippen molar-refractivity contribution in [1.29, 1.82) is 0 Å². The van der Waals surface area contributed by atoms with Gasteiger partial charge in [-0.25, -0.2) is 0 Å². The second-order valence-corrected chi connectivity index (χ2v) is 3.76. The summed E-state index contributed by atoms with van der Waals surface area (Å²) in [6.07, 6.45) is 0. The maximum Gasteiger partial charge on any atom is 0.509 e. The van der Waals surface area contributed by atoms with Crippen molar-refractivity contribution in [3.05, 3.63) is 29.8 Å². The fourth-order valence-corrected chi connectivity index (χ4v) is 1.11. The van der Waals surface area contributed by atoms with Gasteiger partial charge in [-0.1, -0.05) is 24.3 Å². The van der Waals surface area contributed by atoms with Crippen molar-refractivity contribution in [1.82, 2.24) is 0 Å². The van der Waals surface area contributed by atoms with Crippen LogP contribution in [-0.4, -0.2) is 12.1 Å². The zero-order valence-corrected chi connectivity index (χ0v) is 7.97. The highest BCUT2D eigenvalue weighted by Crippen LogP contribution is 2.19. The molecule has 0 unspecified atom stereocenters. The van der Waals surface area contributed by atoms with Crippen LogP contribution in [-0.2, 0) is 5.60 Å². The summed E-state index contributed by atoms with van der Waals surface area (Å²) in [7, 11) is 0. The number of benzene rings is 1. The van der Waals surface area contributed by atoms with Gasteiger partial charge in [-0.15, -0.1) is 5.46 Å². The zero-order chi connectivity index (χ0) is 11.0. The standard InChI is InChI=1S/C9H11BF3O/c1-9(2,14)7-3-5-8(6-4-7)10(11,12)13/h3-6,14H,1-2H3/q-1. The summed E-state index contributed by atoms with van der Waals surface area (Å²) in [6, 6.07) is 4.58. The Bertz CT molecular complexity index is 277. The quantitative estimate of drug-likeness (QED) is 0.728. The van der Waals surface area contributed by atoms with Crippen LogP contribution in [0.2, 0.25) is 0 Å². The molecule has 0 aliphatic rings. The normalized spacial score (nSPS) is 13.0. The number of hydrogen-bond acceptors (Lipinski definition) is 1. The van der Waals surface area contributed by atoms with Gasteiger partial charge in [-0.3, -0.25) is 0 Å². The maximum absolute atomic E-state index is 12.2. The van der Waals surface area contributed by atoms with E-state index in [0.717, 1.165) is 12.1 Å². The first-order valence-corrected chi connectivity index (χ1v) is 4.24. The molecule has 1 aromatic rings. The smallest absolute Gasteiger partial charge is 0.445 e. The van der Waals surface area contributed by atoms with Gasteiger partial charge < -0.3 is 18.1 Å². The predicted molar refractivity (Wildman–Crippen MR) is 50.4 cm³/mol. The number of rotatable bonds is 2. The summed E-state index contributed by atoms with van der Waals surface area (Å²) in [5.74, 6) is 0. The Balaban J connectivity index is 3.02. The molecule has 0 aromatic heterocycles. The van der Waals surface area contributed by atoms with Crippen LogP contribution in [0.4, 0.5) is 12.9 Å². The van der Waals surface area contributed by atoms with E-state index in [2.05, 4.69) is 0 Å². The van der Waals surface area contributed by atoms with Crippen LogP contribution in [0.5, 0.6) is 0 Å². The molecule has 0 spiro atoms. The lowest BCUT2D eigenvalue weighted by Gasteiger charge is -2.20. The van der Waals surface area contributed by atoms with Crippen molar-refractivity contribution in [2.45, 2.75) is 19.4 Å². The van der Waals surface area contributed by atoms with Gasteiger partial charge in [0, 0.05) is 0 Å². The molecule has 1 nitrogen and oxygen atoms in total. The first-order chi connectivity index (χ1) is 6.21. The van der Waals surface area contributed by atoms with E-state index in [0.29, 0.717) is 5.56 Å². The molecule has 0 fully saturated rings. The van der Waals surface area contributed by atoms with Crippen LogP contribution in [0.1, 0.15) is 19.4 Å². The SMILES string of the molecule is CC(C)(O)c1ccc([B-](F)(F)F)cc1. The molecule has 1 aromatic carbocycles. The van der Waals surface area contributed by atoms with E-state index in [1.165, 1.54) is 26.0 Å². The predicted octanol–water partition coefficient (Wildman–Crippen LogP) is 1.97. The van der Waals surface area contributed by atoms with Gasteiger partial charge in [-0.2, -0.15) is 0 Å². The Labute approximate surface area is 80.6 Å². The topological polar surface area (TPSA) is 20.2 Å². The Hall–Kier alpha value is -0.965. The molecule has 0 amide bonds. The van der Waals surface area contributed by atoms with Crippen molar-refractivity contribution in [3.63, 3.8) is 0 Å². The monoisotopic (exact) mass is 203 g/mol. The summed E-state index contributed by atoms with van der Waals surface area (Å²) >= 11 is 0. The van der Waals surface area contributed by atoms with Crippen LogP contribution in [0, 0.1) is 0 Å². The second-order valence-electron chi connectivity index (χ2n) is 3.76. The lowest BCUT2D eigenvalue weighted by atomic mass is 9.79. The summed E-state index contributed by atoms with van der Waals surface area (Å²) in [5.41, 5.74) is -1.27. The highest BCUT2D eigenvalue weighted by Gasteiger charge is 2.25. The molecule has 0 aliphatic heterocycles. The molecule has 1 N–H and O–H groups in total. The number of halogens is 3. The molecule has 0 bridgehead atoms. The van der Waals surface area contributed by atoms with Gasteiger partial charge in [0.1, 0.15) is 0 Å². The van der Waals surface area contributed by atoms with Crippen LogP contribution in [0.15, 0.2) is 24.3 Å². The van der Waals surface area contributed by atoms with Crippen molar-refractivity contribution >= 4 is 12.4 Å². The summed E-state index contributed by atoms with van der Waals surface area (Å²) in [4.78, 5) is 0. The third kappa shape index (κ3) is 2.51. The second kappa shape index (κ2) is 3.31. The molecule has 5 heteroatoms. The van der Waals surface area contributed by atoms with Gasteiger partial charge in [0.25, 0.3) is 0 Å². The van der Waals surface area contributed by atoms with E-state index in [4.69, 9.17) is 0 Å². The van der Waals surface area contributed by atoms with Crippen molar-refractivity contribution in [3.8, 4) is 0 Å². The molecule has 1 rings (SSSR count). The van der Waals surface area contributed by atoms with E-state index < -0.39 is 18.0 Å². The van der Waals surface area contributed by atoms with E-state index in [9.17, 15) is 18.1 Å². The molecule has 0 atom stereocenters. The minimum Gasteiger partial charge on any atom is -0.445 e. The third-order valence-corrected chi connectivity index (χ3v) is 2.00. The number of aliphatic hydroxyl groups is 1. The lowest BCUT2D eigenvalue weighted by molar-refractivity contribution is 0.0786. The fourth-order valence-electron chi connectivity index (χ4n) is 1.11. The average Bonchev–Trinajstić information content (AvgIpc) is 2.01. The van der Waals surface area contributed by atoms with E-state index in [1.807, 2.05) is 0 Å². The Morgan fingerprint density at radius 3 is 1.79 bits per heavy atom. The molecule has 14 heavy (non-hydrogen) atoms. The van der Waals surface area contributed by atoms with E-state index in [1.54, 1.807) is 0 Å². The van der Waals surface area contributed by atoms with Crippen LogP contribution >= 0.6 is 0 Å². The van der Waals surface area contributed by atoms with Crippen molar-refractivity contribution in [2.24, 2.45) is 0 Å². The molecule has 0 heterocycles. The molecule has 0 aliphatic carbocycles. The first-order valence-electron chi connectivity index (χ1n) is 4.24. The van der Waals surface area contributed by atoms with Crippen LogP contribution in [0.25, 0.3) is 0 Å². The molecule has 78 valence electrons. The molecular formula is C9H11BF3O-. The van der Waals surface area contributed by atoms with Crippen molar-refractivity contribution < 1.29 is 18.1 Å². The van der Waals surface area contributed by atoms with E-state index in [-0.39, 0.29) is 0 Å². The third-order valence-electron chi connectivity index (χ3n) is 2.00. The minimum atomic E-state index is -4.94. The Kier molecular flexibility index (Phi) is 2.63. The Morgan fingerprint density at radius 1 is 1.07 bits per heavy atom. The van der Waals surface area contributed by atoms with Gasteiger partial charge in [0.15, 0.2) is 0 Å². The maximum atomic E-state index is 12.2. The molecule has 0 radical (unpaired) electrons. The lowest BCUT2D eigenvalue weighted by Crippen LogP contribution is -2.34. The zero-order valence-electron chi connectivity index (χ0n) is 7.97. The highest BCUT2D eigenvalue weighted by molar-refractivity contribution is 6.73. The van der Waals surface area contributed by atoms with E-state index >= 15 is 0 Å². The summed E-state index contributed by atoms with van der Waals surface area (Å²) in [6.45, 7) is -1.88. The minimum absolute atomic E-state index is 0.473. The van der Waals surface area contributed by atoms with Crippen LogP contribution in [0.3, 0.4) is 0 Å². The van der Waals surface area contributed by atoms with Gasteiger partial charge in [-0.05, 0) is 19.4 Å².